The topological polar surface area (TPSA) is 0 Å². The van der Waals surface area contributed by atoms with Crippen LogP contribution in [0, 0.1) is 0 Å². The maximum absolute atomic E-state index is 1.64. The fraction of sp³-hybridized carbons (Fsp3) is 1.00. The number of rotatable bonds is 2. The predicted molar refractivity (Wildman–Crippen MR) is 66.1 cm³/mol. The normalized spacial score (nSPS) is 29.5. The van der Waals surface area contributed by atoms with Gasteiger partial charge in [0.25, 0.3) is 0 Å². The van der Waals surface area contributed by atoms with E-state index in [1.165, 1.54) is 11.1 Å². The molecule has 0 aromatic carbocycles. The van der Waals surface area contributed by atoms with Crippen molar-refractivity contribution in [3.63, 3.8) is 0 Å². The van der Waals surface area contributed by atoms with Crippen LogP contribution in [0.4, 0.5) is 0 Å². The molecule has 0 heterocycles. The van der Waals surface area contributed by atoms with Crippen LogP contribution in [0.25, 0.3) is 0 Å². The molecule has 1 unspecified atom stereocenters. The molecule has 2 aliphatic carbocycles. The van der Waals surface area contributed by atoms with Crippen molar-refractivity contribution in [1.29, 1.82) is 0 Å². The average molecular weight is 212 g/mol. The Morgan fingerprint density at radius 3 is 1.54 bits per heavy atom. The van der Waals surface area contributed by atoms with Crippen LogP contribution in [0.15, 0.2) is 0 Å². The van der Waals surface area contributed by atoms with Crippen LogP contribution in [0.1, 0.15) is 57.8 Å². The van der Waals surface area contributed by atoms with Crippen LogP contribution in [-0.4, -0.2) is 18.1 Å². The summed E-state index contributed by atoms with van der Waals surface area (Å²) < 4.78 is 0. The SMILES string of the molecule is [SiH3][SiH](C1CCCCC1)C1CCCC1. The Hall–Kier alpha value is 0.434. The van der Waals surface area contributed by atoms with Crippen molar-refractivity contribution < 1.29 is 0 Å². The second-order valence-corrected chi connectivity index (χ2v) is 12.9. The van der Waals surface area contributed by atoms with Crippen LogP contribution < -0.4 is 0 Å². The molecule has 0 bridgehead atoms. The molecule has 0 radical (unpaired) electrons. The van der Waals surface area contributed by atoms with E-state index in [1.54, 1.807) is 67.5 Å². The minimum absolute atomic E-state index is 0.197. The summed E-state index contributed by atoms with van der Waals surface area (Å²) in [4.78, 5) is 0. The van der Waals surface area contributed by atoms with Gasteiger partial charge in [0.1, 0.15) is 0 Å². The summed E-state index contributed by atoms with van der Waals surface area (Å²) >= 11 is 0. The fourth-order valence-electron chi connectivity index (χ4n) is 3.53. The molecule has 0 nitrogen and oxygen atoms in total. The predicted octanol–water partition coefficient (Wildman–Crippen LogP) is 2.35. The van der Waals surface area contributed by atoms with Gasteiger partial charge in [0, 0.05) is 8.31 Å². The van der Waals surface area contributed by atoms with Crippen molar-refractivity contribution in [3.05, 3.63) is 0 Å². The minimum Gasteiger partial charge on any atom is -0.0533 e. The molecule has 0 saturated heterocycles. The van der Waals surface area contributed by atoms with Crippen LogP contribution in [-0.2, 0) is 0 Å². The summed E-state index contributed by atoms with van der Waals surface area (Å²) in [5, 5.41) is 0. The van der Waals surface area contributed by atoms with Gasteiger partial charge in [0.2, 0.25) is 0 Å². The summed E-state index contributed by atoms with van der Waals surface area (Å²) in [6.45, 7) is 0. The second-order valence-electron chi connectivity index (χ2n) is 5.30. The largest absolute Gasteiger partial charge is 0.0533 e. The zero-order chi connectivity index (χ0) is 9.10. The van der Waals surface area contributed by atoms with Crippen molar-refractivity contribution in [3.8, 4) is 0 Å². The van der Waals surface area contributed by atoms with Gasteiger partial charge < -0.3 is 0 Å². The van der Waals surface area contributed by atoms with Crippen LogP contribution in [0.5, 0.6) is 0 Å². The molecule has 0 aromatic rings. The van der Waals surface area contributed by atoms with E-state index in [9.17, 15) is 0 Å². The highest BCUT2D eigenvalue weighted by Gasteiger charge is 2.29. The van der Waals surface area contributed by atoms with Gasteiger partial charge in [-0.15, -0.1) is 0 Å². The Balaban J connectivity index is 1.83. The molecule has 2 aliphatic rings. The average Bonchev–Trinajstić information content (AvgIpc) is 2.71. The minimum atomic E-state index is -0.197. The van der Waals surface area contributed by atoms with Gasteiger partial charge in [0.05, 0.1) is 0 Å². The van der Waals surface area contributed by atoms with E-state index < -0.39 is 0 Å². The molecule has 0 N–H and O–H groups in total. The molecule has 0 amide bonds. The van der Waals surface area contributed by atoms with E-state index in [2.05, 4.69) is 0 Å². The van der Waals surface area contributed by atoms with Gasteiger partial charge in [-0.05, 0) is 9.76 Å². The van der Waals surface area contributed by atoms with Crippen LogP contribution in [0.3, 0.4) is 0 Å². The van der Waals surface area contributed by atoms with E-state index in [4.69, 9.17) is 0 Å². The van der Waals surface area contributed by atoms with Crippen LogP contribution >= 0.6 is 0 Å². The summed E-state index contributed by atoms with van der Waals surface area (Å²) in [7, 11) is 1.41. The lowest BCUT2D eigenvalue weighted by Gasteiger charge is -2.30. The van der Waals surface area contributed by atoms with E-state index in [0.717, 1.165) is 0 Å². The lowest BCUT2D eigenvalue weighted by Crippen LogP contribution is -2.28. The quantitative estimate of drug-likeness (QED) is 0.617. The van der Waals surface area contributed by atoms with Crippen molar-refractivity contribution in [2.24, 2.45) is 0 Å². The highest BCUT2D eigenvalue weighted by atomic mass is 29.1. The molecule has 0 aliphatic heterocycles. The zero-order valence-electron chi connectivity index (χ0n) is 9.10. The first kappa shape index (κ1) is 9.97. The molecule has 2 heteroatoms. The Labute approximate surface area is 87.3 Å². The van der Waals surface area contributed by atoms with E-state index in [1.807, 2.05) is 0 Å². The first-order valence-electron chi connectivity index (χ1n) is 6.38. The van der Waals surface area contributed by atoms with Gasteiger partial charge in [-0.25, -0.2) is 0 Å². The maximum Gasteiger partial charge on any atom is 0.0266 e. The Morgan fingerprint density at radius 2 is 1.08 bits per heavy atom. The standard InChI is InChI=1S/C11H24Si2/c12-13(11-8-4-5-9-11)10-6-2-1-3-7-10/h10-11,13H,1-9H2,12H3. The maximum atomic E-state index is 1.64. The van der Waals surface area contributed by atoms with Crippen molar-refractivity contribution in [2.75, 3.05) is 0 Å². The number of hydrogen-bond acceptors (Lipinski definition) is 0. The zero-order valence-corrected chi connectivity index (χ0v) is 12.3. The first-order chi connectivity index (χ1) is 6.38. The Bertz CT molecular complexity index is 146. The van der Waals surface area contributed by atoms with Gasteiger partial charge in [0.15, 0.2) is 0 Å². The van der Waals surface area contributed by atoms with Gasteiger partial charge in [-0.2, -0.15) is 0 Å². The van der Waals surface area contributed by atoms with Gasteiger partial charge >= 0.3 is 0 Å². The molecular formula is C11H24Si2. The molecule has 2 saturated carbocycles. The summed E-state index contributed by atoms with van der Waals surface area (Å²) in [6.07, 6.45) is 14.4. The Morgan fingerprint density at radius 1 is 0.692 bits per heavy atom. The molecule has 13 heavy (non-hydrogen) atoms. The highest BCUT2D eigenvalue weighted by Crippen LogP contribution is 2.40. The monoisotopic (exact) mass is 212 g/mol. The molecule has 2 rings (SSSR count). The van der Waals surface area contributed by atoms with Gasteiger partial charge in [-0.1, -0.05) is 68.9 Å². The smallest absolute Gasteiger partial charge is 0.0266 e. The number of hydrogen-bond donors (Lipinski definition) is 0. The first-order valence-corrected chi connectivity index (χ1v) is 12.3. The Kier molecular flexibility index (Phi) is 3.67. The molecule has 0 aromatic heterocycles. The summed E-state index contributed by atoms with van der Waals surface area (Å²) in [6, 6.07) is 0. The van der Waals surface area contributed by atoms with Gasteiger partial charge in [-0.3, -0.25) is 0 Å². The van der Waals surface area contributed by atoms with E-state index in [0.29, 0.717) is 0 Å². The van der Waals surface area contributed by atoms with E-state index >= 15 is 0 Å². The molecule has 0 spiro atoms. The fourth-order valence-corrected chi connectivity index (χ4v) is 11.3. The third kappa shape index (κ3) is 2.46. The van der Waals surface area contributed by atoms with Crippen LogP contribution in [0.2, 0.25) is 11.1 Å². The third-order valence-corrected chi connectivity index (χ3v) is 14.5. The lowest BCUT2D eigenvalue weighted by molar-refractivity contribution is 0.495. The lowest BCUT2D eigenvalue weighted by atomic mass is 10.0. The molecule has 2 fully saturated rings. The second kappa shape index (κ2) is 4.78. The van der Waals surface area contributed by atoms with Crippen molar-refractivity contribution in [2.45, 2.75) is 68.9 Å². The summed E-state index contributed by atoms with van der Waals surface area (Å²) in [5.41, 5.74) is 2.60. The molecule has 1 atom stereocenters. The van der Waals surface area contributed by atoms with E-state index in [-0.39, 0.29) is 8.31 Å². The third-order valence-electron chi connectivity index (χ3n) is 4.54. The molecular weight excluding hydrogens is 188 g/mol. The van der Waals surface area contributed by atoms with Crippen molar-refractivity contribution in [1.82, 2.24) is 0 Å². The molecule has 76 valence electrons. The van der Waals surface area contributed by atoms with Crippen molar-refractivity contribution >= 4 is 18.1 Å². The highest BCUT2D eigenvalue weighted by molar-refractivity contribution is 7.05. The summed E-state index contributed by atoms with van der Waals surface area (Å²) in [5.74, 6) is 0.